The third-order valence-electron chi connectivity index (χ3n) is 2.34. The molecule has 0 spiro atoms. The second-order valence-corrected chi connectivity index (χ2v) is 3.59. The minimum atomic E-state index is -0.285. The van der Waals surface area contributed by atoms with Crippen molar-refractivity contribution in [3.63, 3.8) is 0 Å². The van der Waals surface area contributed by atoms with Crippen molar-refractivity contribution in [2.75, 3.05) is 26.4 Å². The van der Waals surface area contributed by atoms with Gasteiger partial charge < -0.3 is 16.0 Å². The molecule has 0 saturated carbocycles. The number of nitrogens with zero attached hydrogens (tertiary/aromatic N) is 2. The molecular weight excluding hydrogens is 220 g/mol. The Kier molecular flexibility index (Phi) is 4.45. The maximum absolute atomic E-state index is 11.9. The van der Waals surface area contributed by atoms with Gasteiger partial charge in [0.25, 0.3) is 5.91 Å². The van der Waals surface area contributed by atoms with Crippen LogP contribution in [0, 0.1) is 0 Å². The minimum Gasteiger partial charge on any atom is -0.397 e. The first-order valence-electron chi connectivity index (χ1n) is 5.22. The number of nitrogens with two attached hydrogens (primary N) is 1. The monoisotopic (exact) mass is 236 g/mol. The fourth-order valence-electron chi connectivity index (χ4n) is 1.27. The van der Waals surface area contributed by atoms with Crippen molar-refractivity contribution in [1.29, 1.82) is 0 Å². The normalized spacial score (nSPS) is 9.76. The third kappa shape index (κ3) is 3.44. The van der Waals surface area contributed by atoms with Crippen LogP contribution in [0.5, 0.6) is 0 Å². The van der Waals surface area contributed by atoms with E-state index >= 15 is 0 Å². The maximum atomic E-state index is 11.9. The molecule has 0 aliphatic heterocycles. The van der Waals surface area contributed by atoms with Crippen LogP contribution in [0.1, 0.15) is 16.9 Å². The van der Waals surface area contributed by atoms with Crippen LogP contribution in [0.15, 0.2) is 18.3 Å². The molecule has 0 aromatic carbocycles. The second kappa shape index (κ2) is 5.83. The highest BCUT2D eigenvalue weighted by molar-refractivity contribution is 5.97. The average molecular weight is 236 g/mol. The zero-order chi connectivity index (χ0) is 12.8. The molecule has 0 saturated heterocycles. The molecule has 6 nitrogen and oxygen atoms in total. The number of carbonyl (C=O) groups is 2. The number of pyridine rings is 1. The number of aromatic nitrogens is 1. The topological polar surface area (TPSA) is 88.3 Å². The van der Waals surface area contributed by atoms with Crippen LogP contribution in [0.3, 0.4) is 0 Å². The van der Waals surface area contributed by atoms with Crippen LogP contribution >= 0.6 is 0 Å². The molecule has 0 aliphatic carbocycles. The standard InChI is InChI=1S/C11H16N4O2/c1-13-9(16)5-7-15(2)11(17)10-8(12)4-3-6-14-10/h3-4,6H,5,7,12H2,1-2H3,(H,13,16). The van der Waals surface area contributed by atoms with Gasteiger partial charge in [-0.05, 0) is 12.1 Å². The largest absolute Gasteiger partial charge is 0.397 e. The summed E-state index contributed by atoms with van der Waals surface area (Å²) in [4.78, 5) is 28.3. The first-order valence-corrected chi connectivity index (χ1v) is 5.22. The van der Waals surface area contributed by atoms with Crippen LogP contribution in [0.25, 0.3) is 0 Å². The summed E-state index contributed by atoms with van der Waals surface area (Å²) < 4.78 is 0. The highest BCUT2D eigenvalue weighted by atomic mass is 16.2. The Morgan fingerprint density at radius 1 is 1.53 bits per heavy atom. The summed E-state index contributed by atoms with van der Waals surface area (Å²) in [5, 5.41) is 2.49. The van der Waals surface area contributed by atoms with E-state index in [9.17, 15) is 9.59 Å². The molecule has 1 aromatic heterocycles. The second-order valence-electron chi connectivity index (χ2n) is 3.59. The van der Waals surface area contributed by atoms with Gasteiger partial charge in [0.2, 0.25) is 5.91 Å². The van der Waals surface area contributed by atoms with Gasteiger partial charge in [-0.25, -0.2) is 4.98 Å². The van der Waals surface area contributed by atoms with Gasteiger partial charge >= 0.3 is 0 Å². The summed E-state index contributed by atoms with van der Waals surface area (Å²) in [6, 6.07) is 3.28. The number of nitrogens with one attached hydrogen (secondary N) is 1. The van der Waals surface area contributed by atoms with Crippen molar-refractivity contribution in [3.8, 4) is 0 Å². The molecule has 0 radical (unpaired) electrons. The molecule has 2 amide bonds. The lowest BCUT2D eigenvalue weighted by Gasteiger charge is -2.16. The number of nitrogen functional groups attached to an aromatic ring is 1. The molecule has 92 valence electrons. The maximum Gasteiger partial charge on any atom is 0.274 e. The van der Waals surface area contributed by atoms with E-state index in [1.165, 1.54) is 11.1 Å². The predicted molar refractivity (Wildman–Crippen MR) is 64.3 cm³/mol. The number of hydrogen-bond donors (Lipinski definition) is 2. The molecule has 17 heavy (non-hydrogen) atoms. The third-order valence-corrected chi connectivity index (χ3v) is 2.34. The lowest BCUT2D eigenvalue weighted by molar-refractivity contribution is -0.120. The van der Waals surface area contributed by atoms with Gasteiger partial charge in [0, 0.05) is 33.3 Å². The van der Waals surface area contributed by atoms with Gasteiger partial charge in [-0.15, -0.1) is 0 Å². The van der Waals surface area contributed by atoms with Gasteiger partial charge in [0.15, 0.2) is 5.69 Å². The molecule has 0 aliphatic rings. The molecule has 0 atom stereocenters. The molecular formula is C11H16N4O2. The van der Waals surface area contributed by atoms with Gasteiger partial charge in [0.1, 0.15) is 0 Å². The quantitative estimate of drug-likeness (QED) is 0.762. The predicted octanol–water partition coefficient (Wildman–Crippen LogP) is -0.128. The summed E-state index contributed by atoms with van der Waals surface area (Å²) >= 11 is 0. The highest BCUT2D eigenvalue weighted by Crippen LogP contribution is 2.09. The zero-order valence-electron chi connectivity index (χ0n) is 9.93. The molecule has 1 aromatic rings. The Morgan fingerprint density at radius 2 is 2.24 bits per heavy atom. The van der Waals surface area contributed by atoms with Gasteiger partial charge in [-0.1, -0.05) is 0 Å². The lowest BCUT2D eigenvalue weighted by Crippen LogP contribution is -2.32. The minimum absolute atomic E-state index is 0.112. The molecule has 0 fully saturated rings. The van der Waals surface area contributed by atoms with Crippen LogP contribution in [-0.4, -0.2) is 42.3 Å². The Bertz CT molecular complexity index is 420. The summed E-state index contributed by atoms with van der Waals surface area (Å²) in [6.07, 6.45) is 1.77. The van der Waals surface area contributed by atoms with Crippen LogP contribution < -0.4 is 11.1 Å². The van der Waals surface area contributed by atoms with Crippen molar-refractivity contribution in [3.05, 3.63) is 24.0 Å². The number of rotatable bonds is 4. The van der Waals surface area contributed by atoms with Crippen LogP contribution in [-0.2, 0) is 4.79 Å². The summed E-state index contributed by atoms with van der Waals surface area (Å²) in [6.45, 7) is 0.328. The Labute approximate surface area is 99.8 Å². The van der Waals surface area contributed by atoms with Crippen molar-refractivity contribution < 1.29 is 9.59 Å². The summed E-state index contributed by atoms with van der Waals surface area (Å²) in [7, 11) is 3.17. The Hall–Kier alpha value is -2.11. The van der Waals surface area contributed by atoms with Crippen LogP contribution in [0.4, 0.5) is 5.69 Å². The SMILES string of the molecule is CNC(=O)CCN(C)C(=O)c1ncccc1N. The van der Waals surface area contributed by atoms with E-state index < -0.39 is 0 Å². The number of hydrogen-bond acceptors (Lipinski definition) is 4. The Balaban J connectivity index is 2.64. The van der Waals surface area contributed by atoms with Crippen LogP contribution in [0.2, 0.25) is 0 Å². The van der Waals surface area contributed by atoms with Crippen molar-refractivity contribution in [1.82, 2.24) is 15.2 Å². The molecule has 6 heteroatoms. The van der Waals surface area contributed by atoms with E-state index in [2.05, 4.69) is 10.3 Å². The van der Waals surface area contributed by atoms with E-state index in [1.807, 2.05) is 0 Å². The molecule has 3 N–H and O–H groups in total. The fourth-order valence-corrected chi connectivity index (χ4v) is 1.27. The molecule has 1 heterocycles. The van der Waals surface area contributed by atoms with Gasteiger partial charge in [-0.3, -0.25) is 9.59 Å². The van der Waals surface area contributed by atoms with E-state index in [1.54, 1.807) is 26.2 Å². The number of anilines is 1. The van der Waals surface area contributed by atoms with Crippen molar-refractivity contribution in [2.45, 2.75) is 6.42 Å². The number of carbonyl (C=O) groups excluding carboxylic acids is 2. The first-order chi connectivity index (χ1) is 8.06. The fraction of sp³-hybridized carbons (Fsp3) is 0.364. The van der Waals surface area contributed by atoms with E-state index in [-0.39, 0.29) is 23.9 Å². The van der Waals surface area contributed by atoms with Gasteiger partial charge in [-0.2, -0.15) is 0 Å². The summed E-state index contributed by atoms with van der Waals surface area (Å²) in [5.74, 6) is -0.398. The first kappa shape index (κ1) is 13.0. The highest BCUT2D eigenvalue weighted by Gasteiger charge is 2.16. The van der Waals surface area contributed by atoms with E-state index in [4.69, 9.17) is 5.73 Å². The van der Waals surface area contributed by atoms with Crippen molar-refractivity contribution in [2.24, 2.45) is 0 Å². The smallest absolute Gasteiger partial charge is 0.274 e. The van der Waals surface area contributed by atoms with Gasteiger partial charge in [0.05, 0.1) is 5.69 Å². The Morgan fingerprint density at radius 3 is 2.82 bits per heavy atom. The zero-order valence-corrected chi connectivity index (χ0v) is 9.93. The number of amides is 2. The average Bonchev–Trinajstić information content (AvgIpc) is 2.35. The van der Waals surface area contributed by atoms with E-state index in [0.29, 0.717) is 12.2 Å². The molecule has 1 rings (SSSR count). The molecule has 0 bridgehead atoms. The summed E-state index contributed by atoms with van der Waals surface area (Å²) in [5.41, 5.74) is 6.20. The van der Waals surface area contributed by atoms with E-state index in [0.717, 1.165) is 0 Å². The van der Waals surface area contributed by atoms with Crippen molar-refractivity contribution >= 4 is 17.5 Å². The lowest BCUT2D eigenvalue weighted by atomic mass is 10.2. The molecule has 0 unspecified atom stereocenters.